The van der Waals surface area contributed by atoms with Crippen molar-refractivity contribution < 1.29 is 4.42 Å². The van der Waals surface area contributed by atoms with Crippen LogP contribution in [0.15, 0.2) is 71.2 Å². The first-order chi connectivity index (χ1) is 13.8. The predicted molar refractivity (Wildman–Crippen MR) is 121 cm³/mol. The highest BCUT2D eigenvalue weighted by Crippen LogP contribution is 2.39. The van der Waals surface area contributed by atoms with Crippen LogP contribution in [0.25, 0.3) is 37.2 Å². The van der Waals surface area contributed by atoms with Gasteiger partial charge < -0.3 is 9.73 Å². The van der Waals surface area contributed by atoms with Crippen molar-refractivity contribution in [2.45, 2.75) is 19.3 Å². The number of allylic oxidation sites excluding steroid dienone is 1. The summed E-state index contributed by atoms with van der Waals surface area (Å²) in [6.07, 6.45) is 5.38. The van der Waals surface area contributed by atoms with Crippen LogP contribution in [0.1, 0.15) is 30.6 Å². The lowest BCUT2D eigenvalue weighted by molar-refractivity contribution is 0.586. The van der Waals surface area contributed by atoms with Gasteiger partial charge in [-0.05, 0) is 60.9 Å². The van der Waals surface area contributed by atoms with Gasteiger partial charge in [-0.15, -0.1) is 11.3 Å². The van der Waals surface area contributed by atoms with Crippen molar-refractivity contribution in [2.24, 2.45) is 0 Å². The summed E-state index contributed by atoms with van der Waals surface area (Å²) in [5.41, 5.74) is 4.51. The van der Waals surface area contributed by atoms with Crippen molar-refractivity contribution in [3.63, 3.8) is 0 Å². The van der Waals surface area contributed by atoms with E-state index in [0.717, 1.165) is 29.1 Å². The molecule has 1 unspecified atom stereocenters. The molecule has 1 aliphatic rings. The van der Waals surface area contributed by atoms with Crippen LogP contribution >= 0.6 is 11.3 Å². The molecule has 6 rings (SSSR count). The fourth-order valence-electron chi connectivity index (χ4n) is 4.31. The van der Waals surface area contributed by atoms with Crippen molar-refractivity contribution in [3.8, 4) is 0 Å². The molecule has 136 valence electrons. The molecule has 0 spiro atoms. The lowest BCUT2D eigenvalue weighted by atomic mass is 9.91. The monoisotopic (exact) mass is 381 g/mol. The molecule has 0 bridgehead atoms. The van der Waals surface area contributed by atoms with Crippen LogP contribution in [0.2, 0.25) is 0 Å². The lowest BCUT2D eigenvalue weighted by Crippen LogP contribution is -1.97. The molecule has 3 heteroatoms. The molecule has 3 aromatic carbocycles. The normalized spacial score (nSPS) is 16.1. The van der Waals surface area contributed by atoms with E-state index in [1.807, 2.05) is 11.3 Å². The molecular weight excluding hydrogens is 362 g/mol. The number of rotatable bonds is 2. The molecule has 2 nitrogen and oxygen atoms in total. The number of hydrogen-bond acceptors (Lipinski definition) is 3. The Morgan fingerprint density at radius 3 is 2.61 bits per heavy atom. The lowest BCUT2D eigenvalue weighted by Gasteiger charge is -2.13. The Bertz CT molecular complexity index is 1390. The predicted octanol–water partition coefficient (Wildman–Crippen LogP) is 8.06. The second-order valence-electron chi connectivity index (χ2n) is 7.56. The van der Waals surface area contributed by atoms with Gasteiger partial charge in [0.1, 0.15) is 11.3 Å². The average Bonchev–Trinajstić information content (AvgIpc) is 3.26. The Labute approximate surface area is 167 Å². The van der Waals surface area contributed by atoms with Crippen LogP contribution in [0.3, 0.4) is 0 Å². The molecule has 1 atom stereocenters. The van der Waals surface area contributed by atoms with E-state index in [9.17, 15) is 0 Å². The molecule has 0 radical (unpaired) electrons. The molecule has 28 heavy (non-hydrogen) atoms. The van der Waals surface area contributed by atoms with Crippen LogP contribution in [-0.4, -0.2) is 0 Å². The first kappa shape index (κ1) is 16.0. The number of thiophene rings is 1. The summed E-state index contributed by atoms with van der Waals surface area (Å²) in [6, 6.07) is 21.7. The number of furan rings is 1. The van der Waals surface area contributed by atoms with Crippen LogP contribution < -0.4 is 5.32 Å². The maximum Gasteiger partial charge on any atom is 0.135 e. The van der Waals surface area contributed by atoms with E-state index < -0.39 is 0 Å². The minimum absolute atomic E-state index is 0.491. The highest BCUT2D eigenvalue weighted by atomic mass is 32.1. The molecule has 0 saturated carbocycles. The van der Waals surface area contributed by atoms with Crippen molar-refractivity contribution >= 4 is 59.9 Å². The first-order valence-electron chi connectivity index (χ1n) is 9.67. The maximum absolute atomic E-state index is 6.05. The Kier molecular flexibility index (Phi) is 3.41. The number of fused-ring (bicyclic) bond motifs is 6. The van der Waals surface area contributed by atoms with Crippen molar-refractivity contribution in [1.82, 2.24) is 0 Å². The van der Waals surface area contributed by atoms with Crippen molar-refractivity contribution in [3.05, 3.63) is 78.1 Å². The van der Waals surface area contributed by atoms with Crippen molar-refractivity contribution in [1.29, 1.82) is 0 Å². The molecule has 0 amide bonds. The van der Waals surface area contributed by atoms with E-state index in [0.29, 0.717) is 5.92 Å². The molecule has 2 aromatic heterocycles. The van der Waals surface area contributed by atoms with Gasteiger partial charge in [0, 0.05) is 42.5 Å². The third-order valence-electron chi connectivity index (χ3n) is 5.67. The Morgan fingerprint density at radius 1 is 0.893 bits per heavy atom. The Balaban J connectivity index is 1.43. The van der Waals surface area contributed by atoms with Gasteiger partial charge in [0.2, 0.25) is 0 Å². The number of nitrogens with one attached hydrogen (secondary N) is 1. The van der Waals surface area contributed by atoms with Gasteiger partial charge in [0.15, 0.2) is 0 Å². The van der Waals surface area contributed by atoms with E-state index in [4.69, 9.17) is 4.42 Å². The van der Waals surface area contributed by atoms with E-state index >= 15 is 0 Å². The van der Waals surface area contributed by atoms with E-state index in [1.54, 1.807) is 0 Å². The van der Waals surface area contributed by atoms with Gasteiger partial charge in [-0.1, -0.05) is 31.2 Å². The van der Waals surface area contributed by atoms with Gasteiger partial charge in [-0.3, -0.25) is 0 Å². The smallest absolute Gasteiger partial charge is 0.135 e. The van der Waals surface area contributed by atoms with E-state index in [2.05, 4.69) is 85.1 Å². The molecular formula is C25H19NOS. The Morgan fingerprint density at radius 2 is 1.68 bits per heavy atom. The third kappa shape index (κ3) is 2.40. The van der Waals surface area contributed by atoms with Crippen LogP contribution in [-0.2, 0) is 0 Å². The summed E-state index contributed by atoms with van der Waals surface area (Å²) in [7, 11) is 0. The summed E-state index contributed by atoms with van der Waals surface area (Å²) in [4.78, 5) is 0. The van der Waals surface area contributed by atoms with E-state index in [-0.39, 0.29) is 0 Å². The zero-order chi connectivity index (χ0) is 18.7. The average molecular weight is 382 g/mol. The fraction of sp³-hybridized carbons (Fsp3) is 0.120. The van der Waals surface area contributed by atoms with Crippen LogP contribution in [0.5, 0.6) is 0 Å². The SMILES string of the molecule is CC1CC=Cc2oc3ccc(Nc4ccc5sc6ccccc6c5c4)cc3c21. The fourth-order valence-corrected chi connectivity index (χ4v) is 5.40. The minimum Gasteiger partial charge on any atom is -0.456 e. The summed E-state index contributed by atoms with van der Waals surface area (Å²) in [6.45, 7) is 2.27. The first-order valence-corrected chi connectivity index (χ1v) is 10.5. The number of hydrogen-bond donors (Lipinski definition) is 1. The highest BCUT2D eigenvalue weighted by Gasteiger charge is 2.20. The molecule has 0 fully saturated rings. The molecule has 0 aliphatic heterocycles. The molecule has 2 heterocycles. The zero-order valence-electron chi connectivity index (χ0n) is 15.5. The van der Waals surface area contributed by atoms with Crippen LogP contribution in [0, 0.1) is 0 Å². The summed E-state index contributed by atoms with van der Waals surface area (Å²) < 4.78 is 8.71. The summed E-state index contributed by atoms with van der Waals surface area (Å²) in [5.74, 6) is 1.50. The second kappa shape index (κ2) is 5.98. The van der Waals surface area contributed by atoms with Gasteiger partial charge >= 0.3 is 0 Å². The Hall–Kier alpha value is -3.04. The maximum atomic E-state index is 6.05. The largest absolute Gasteiger partial charge is 0.456 e. The molecule has 5 aromatic rings. The molecule has 1 N–H and O–H groups in total. The van der Waals surface area contributed by atoms with Crippen molar-refractivity contribution in [2.75, 3.05) is 5.32 Å². The third-order valence-corrected chi connectivity index (χ3v) is 6.82. The summed E-state index contributed by atoms with van der Waals surface area (Å²) in [5, 5.41) is 7.46. The van der Waals surface area contributed by atoms with Gasteiger partial charge in [-0.2, -0.15) is 0 Å². The van der Waals surface area contributed by atoms with Gasteiger partial charge in [-0.25, -0.2) is 0 Å². The number of benzene rings is 3. The zero-order valence-corrected chi connectivity index (χ0v) is 16.3. The van der Waals surface area contributed by atoms with E-state index in [1.165, 1.54) is 31.1 Å². The summed E-state index contributed by atoms with van der Waals surface area (Å²) >= 11 is 1.85. The highest BCUT2D eigenvalue weighted by molar-refractivity contribution is 7.25. The van der Waals surface area contributed by atoms with Gasteiger partial charge in [0.05, 0.1) is 0 Å². The standard InChI is InChI=1S/C25H19NOS/c1-15-5-4-7-22-25(15)20-14-16(9-11-21(20)27-22)26-17-10-12-24-19(13-17)18-6-2-3-8-23(18)28-24/h2-4,6-15,26H,5H2,1H3. The second-order valence-corrected chi connectivity index (χ2v) is 8.65. The van der Waals surface area contributed by atoms with Gasteiger partial charge in [0.25, 0.3) is 0 Å². The molecule has 1 aliphatic carbocycles. The van der Waals surface area contributed by atoms with Crippen LogP contribution in [0.4, 0.5) is 11.4 Å². The minimum atomic E-state index is 0.491. The quantitative estimate of drug-likeness (QED) is 0.334. The molecule has 0 saturated heterocycles. The number of anilines is 2. The topological polar surface area (TPSA) is 25.2 Å².